The molecule has 54 heavy (non-hydrogen) atoms. The summed E-state index contributed by atoms with van der Waals surface area (Å²) in [4.78, 5) is 0. The van der Waals surface area contributed by atoms with E-state index < -0.39 is 0 Å². The van der Waals surface area contributed by atoms with E-state index in [2.05, 4.69) is 191 Å². The van der Waals surface area contributed by atoms with Crippen molar-refractivity contribution in [3.8, 4) is 0 Å². The number of hydrogen-bond donors (Lipinski definition) is 4. The Labute approximate surface area is 317 Å². The van der Waals surface area contributed by atoms with Gasteiger partial charge in [0.2, 0.25) is 0 Å². The molecule has 0 radical (unpaired) electrons. The van der Waals surface area contributed by atoms with Crippen LogP contribution in [0, 0.1) is 0 Å². The van der Waals surface area contributed by atoms with Crippen molar-refractivity contribution in [3.05, 3.63) is 215 Å². The molecule has 0 aromatic heterocycles. The summed E-state index contributed by atoms with van der Waals surface area (Å²) in [5.41, 5.74) is 9.82. The molecule has 4 N–H and O–H groups in total. The zero-order valence-corrected chi connectivity index (χ0v) is 30.6. The quantitative estimate of drug-likeness (QED) is 0.138. The molecule has 8 aromatic carbocycles. The highest BCUT2D eigenvalue weighted by atomic mass is 15.2. The van der Waals surface area contributed by atoms with Gasteiger partial charge >= 0.3 is 0 Å². The van der Waals surface area contributed by atoms with Crippen molar-refractivity contribution in [1.82, 2.24) is 10.6 Å². The van der Waals surface area contributed by atoms with E-state index in [9.17, 15) is 0 Å². The van der Waals surface area contributed by atoms with Gasteiger partial charge in [0, 0.05) is 11.4 Å². The average Bonchev–Trinajstić information content (AvgIpc) is 3.25. The third-order valence-electron chi connectivity index (χ3n) is 11.0. The summed E-state index contributed by atoms with van der Waals surface area (Å²) in [5.74, 6) is 0. The maximum Gasteiger partial charge on any atom is 0.105 e. The first-order valence-electron chi connectivity index (χ1n) is 19.0. The molecule has 2 aliphatic heterocycles. The molecular weight excluding hydrogens is 657 g/mol. The fraction of sp³-hybridized carbons (Fsp3) is 0.120. The van der Waals surface area contributed by atoms with Gasteiger partial charge in [-0.05, 0) is 104 Å². The first-order chi connectivity index (χ1) is 26.7. The summed E-state index contributed by atoms with van der Waals surface area (Å²) in [6.45, 7) is 4.00. The van der Waals surface area contributed by atoms with Crippen molar-refractivity contribution in [3.63, 3.8) is 0 Å². The number of benzene rings is 8. The summed E-state index contributed by atoms with van der Waals surface area (Å²) >= 11 is 0. The minimum atomic E-state index is -0.0846. The Bertz CT molecular complexity index is 2460. The van der Waals surface area contributed by atoms with Gasteiger partial charge in [0.1, 0.15) is 12.3 Å². The number of nitrogens with one attached hydrogen (secondary N) is 4. The first kappa shape index (κ1) is 33.6. The van der Waals surface area contributed by atoms with Gasteiger partial charge in [0.05, 0.1) is 12.1 Å². The summed E-state index contributed by atoms with van der Waals surface area (Å²) in [6.07, 6.45) is 3.83. The fourth-order valence-electron chi connectivity index (χ4n) is 8.18. The molecule has 2 aliphatic rings. The van der Waals surface area contributed by atoms with Gasteiger partial charge in [-0.3, -0.25) is 10.6 Å². The zero-order chi connectivity index (χ0) is 36.4. The minimum Gasteiger partial charge on any atom is -0.366 e. The second-order valence-electron chi connectivity index (χ2n) is 14.2. The highest BCUT2D eigenvalue weighted by Crippen LogP contribution is 2.42. The van der Waals surface area contributed by atoms with Gasteiger partial charge < -0.3 is 10.6 Å². The lowest BCUT2D eigenvalue weighted by Gasteiger charge is -2.37. The molecule has 8 aromatic rings. The molecule has 264 valence electrons. The van der Waals surface area contributed by atoms with Crippen LogP contribution in [0.3, 0.4) is 0 Å². The number of allylic oxidation sites excluding steroid dienone is 2. The fourth-order valence-corrected chi connectivity index (χ4v) is 8.18. The van der Waals surface area contributed by atoms with Crippen molar-refractivity contribution in [2.75, 3.05) is 10.6 Å². The van der Waals surface area contributed by atoms with Gasteiger partial charge in [-0.25, -0.2) is 0 Å². The van der Waals surface area contributed by atoms with Crippen molar-refractivity contribution in [2.24, 2.45) is 0 Å². The zero-order valence-electron chi connectivity index (χ0n) is 30.6. The van der Waals surface area contributed by atoms with E-state index in [1.807, 2.05) is 26.0 Å². The molecule has 0 saturated heterocycles. The maximum atomic E-state index is 4.01. The lowest BCUT2D eigenvalue weighted by Crippen LogP contribution is -2.38. The number of para-hydroxylation sites is 2. The Kier molecular flexibility index (Phi) is 9.14. The van der Waals surface area contributed by atoms with Crippen molar-refractivity contribution >= 4 is 43.7 Å². The molecule has 0 aliphatic carbocycles. The van der Waals surface area contributed by atoms with E-state index >= 15 is 0 Å². The molecule has 4 unspecified atom stereocenters. The molecule has 0 fully saturated rings. The van der Waals surface area contributed by atoms with Gasteiger partial charge in [0.15, 0.2) is 0 Å². The van der Waals surface area contributed by atoms with E-state index in [1.165, 1.54) is 65.7 Å². The average molecular weight is 701 g/mol. The van der Waals surface area contributed by atoms with Crippen LogP contribution in [0.4, 0.5) is 11.4 Å². The summed E-state index contributed by atoms with van der Waals surface area (Å²) in [6, 6.07) is 61.8. The van der Waals surface area contributed by atoms with Gasteiger partial charge in [0.25, 0.3) is 0 Å². The molecule has 0 bridgehead atoms. The van der Waals surface area contributed by atoms with E-state index in [-0.39, 0.29) is 24.4 Å². The largest absolute Gasteiger partial charge is 0.366 e. The van der Waals surface area contributed by atoms with Crippen LogP contribution in [0.5, 0.6) is 0 Å². The van der Waals surface area contributed by atoms with Crippen LogP contribution in [0.2, 0.25) is 0 Å². The lowest BCUT2D eigenvalue weighted by atomic mass is 9.89. The standard InChI is InChI=1S/C46H36N4.C4H8/c1-3-13-31-27-33(23-21-29(31)11-1)43-39-17-7-9-19-41(39)47-45(49-43)37-25-26-38(36-16-6-5-15-35(36)37)46-48-42-20-10-8-18-40(42)44(50-46)34-24-22-30-12-2-4-14-32(30)28-34;1-3-4-2/h1-28,43-50H;3-4H,1-2H3/b;4-3-. The third kappa shape index (κ3) is 6.30. The number of rotatable bonds is 4. The summed E-state index contributed by atoms with van der Waals surface area (Å²) < 4.78 is 0. The normalized spacial score (nSPS) is 19.0. The van der Waals surface area contributed by atoms with Crippen LogP contribution < -0.4 is 21.3 Å². The van der Waals surface area contributed by atoms with Crippen LogP contribution in [-0.4, -0.2) is 0 Å². The SMILES string of the molecule is C/C=C\C.c1ccc2c(c1)NC(c1ccc(C3Nc4ccccc4C(c4ccc5ccccc5c4)N3)c3ccccc13)NC2c1ccc2ccccc2c1. The van der Waals surface area contributed by atoms with Gasteiger partial charge in [-0.2, -0.15) is 0 Å². The van der Waals surface area contributed by atoms with Crippen molar-refractivity contribution in [2.45, 2.75) is 38.3 Å². The summed E-state index contributed by atoms with van der Waals surface area (Å²) in [7, 11) is 0. The second kappa shape index (κ2) is 14.7. The van der Waals surface area contributed by atoms with Gasteiger partial charge in [-0.1, -0.05) is 158 Å². The topological polar surface area (TPSA) is 48.1 Å². The molecule has 4 nitrogen and oxygen atoms in total. The van der Waals surface area contributed by atoms with Crippen molar-refractivity contribution < 1.29 is 0 Å². The Hall–Kier alpha value is -6.20. The molecule has 0 saturated carbocycles. The molecule has 4 heteroatoms. The minimum absolute atomic E-state index is 0.0429. The van der Waals surface area contributed by atoms with Crippen LogP contribution in [-0.2, 0) is 0 Å². The molecule has 2 heterocycles. The summed E-state index contributed by atoms with van der Waals surface area (Å²) in [5, 5.41) is 23.2. The molecule has 0 spiro atoms. The van der Waals surface area contributed by atoms with E-state index in [0.29, 0.717) is 0 Å². The Morgan fingerprint density at radius 1 is 0.370 bits per heavy atom. The van der Waals surface area contributed by atoms with E-state index in [1.54, 1.807) is 0 Å². The number of anilines is 2. The highest BCUT2D eigenvalue weighted by molar-refractivity contribution is 5.91. The Balaban J connectivity index is 0.000000918. The molecular formula is C50H44N4. The van der Waals surface area contributed by atoms with Crippen LogP contribution in [0.1, 0.15) is 71.6 Å². The molecule has 10 rings (SSSR count). The van der Waals surface area contributed by atoms with Crippen LogP contribution >= 0.6 is 0 Å². The van der Waals surface area contributed by atoms with Crippen molar-refractivity contribution in [1.29, 1.82) is 0 Å². The number of fused-ring (bicyclic) bond motifs is 5. The van der Waals surface area contributed by atoms with Crippen LogP contribution in [0.15, 0.2) is 182 Å². The van der Waals surface area contributed by atoms with E-state index in [0.717, 1.165) is 11.4 Å². The smallest absolute Gasteiger partial charge is 0.105 e. The Morgan fingerprint density at radius 3 is 1.20 bits per heavy atom. The second-order valence-corrected chi connectivity index (χ2v) is 14.2. The third-order valence-corrected chi connectivity index (χ3v) is 11.0. The van der Waals surface area contributed by atoms with E-state index in [4.69, 9.17) is 0 Å². The lowest BCUT2D eigenvalue weighted by molar-refractivity contribution is 0.504. The van der Waals surface area contributed by atoms with Crippen LogP contribution in [0.25, 0.3) is 32.3 Å². The Morgan fingerprint density at radius 2 is 0.759 bits per heavy atom. The predicted molar refractivity (Wildman–Crippen MR) is 228 cm³/mol. The first-order valence-corrected chi connectivity index (χ1v) is 19.0. The monoisotopic (exact) mass is 700 g/mol. The van der Waals surface area contributed by atoms with Gasteiger partial charge in [-0.15, -0.1) is 0 Å². The molecule has 0 amide bonds. The highest BCUT2D eigenvalue weighted by Gasteiger charge is 2.32. The maximum absolute atomic E-state index is 4.01. The number of hydrogen-bond acceptors (Lipinski definition) is 4. The predicted octanol–water partition coefficient (Wildman–Crippen LogP) is 12.3. The molecule has 4 atom stereocenters.